The molecule has 4 unspecified atom stereocenters. The molecule has 0 bridgehead atoms. The van der Waals surface area contributed by atoms with Crippen LogP contribution < -0.4 is 37.2 Å². The predicted molar refractivity (Wildman–Crippen MR) is 284 cm³/mol. The van der Waals surface area contributed by atoms with Crippen LogP contribution in [0, 0.1) is 23.4 Å². The molecule has 408 valence electrons. The topological polar surface area (TPSA) is 211 Å². The van der Waals surface area contributed by atoms with Crippen molar-refractivity contribution in [2.75, 3.05) is 81.6 Å². The highest BCUT2D eigenvalue weighted by atomic mass is 19.1. The van der Waals surface area contributed by atoms with Crippen LogP contribution in [-0.2, 0) is 51.9 Å². The largest absolute Gasteiger partial charge is 0.379 e. The lowest BCUT2D eigenvalue weighted by Crippen LogP contribution is -2.55. The summed E-state index contributed by atoms with van der Waals surface area (Å²) in [4.78, 5) is 90.4. The molecule has 0 saturated carbocycles. The lowest BCUT2D eigenvalue weighted by Gasteiger charge is -2.32. The number of likely N-dealkylation sites (N-methyl/N-ethyl adjacent to an activating group) is 1. The molecule has 6 amide bonds. The van der Waals surface area contributed by atoms with E-state index < -0.39 is 82.9 Å². The number of rotatable bonds is 15. The first kappa shape index (κ1) is 57.0. The van der Waals surface area contributed by atoms with Crippen molar-refractivity contribution in [2.45, 2.75) is 96.6 Å². The maximum absolute atomic E-state index is 14.8. The van der Waals surface area contributed by atoms with Crippen LogP contribution in [0.3, 0.4) is 0 Å². The van der Waals surface area contributed by atoms with Gasteiger partial charge in [0.25, 0.3) is 5.91 Å². The van der Waals surface area contributed by atoms with Crippen molar-refractivity contribution in [2.24, 2.45) is 11.7 Å². The van der Waals surface area contributed by atoms with Gasteiger partial charge in [-0.25, -0.2) is 13.2 Å². The zero-order chi connectivity index (χ0) is 55.0. The molecule has 7 N–H and O–H groups in total. The highest BCUT2D eigenvalue weighted by Gasteiger charge is 2.47. The van der Waals surface area contributed by atoms with Gasteiger partial charge in [-0.3, -0.25) is 38.6 Å². The molecule has 76 heavy (non-hydrogen) atoms. The van der Waals surface area contributed by atoms with E-state index in [1.165, 1.54) is 30.0 Å². The van der Waals surface area contributed by atoms with Gasteiger partial charge in [0, 0.05) is 62.7 Å². The first-order valence-corrected chi connectivity index (χ1v) is 25.9. The number of benzene rings is 4. The number of morpholine rings is 1. The number of fused-ring (bicyclic) bond motifs is 2. The van der Waals surface area contributed by atoms with E-state index in [1.54, 1.807) is 43.0 Å². The van der Waals surface area contributed by atoms with Crippen molar-refractivity contribution in [3.63, 3.8) is 0 Å². The van der Waals surface area contributed by atoms with Crippen LogP contribution in [0.1, 0.15) is 81.8 Å². The third kappa shape index (κ3) is 13.4. The summed E-state index contributed by atoms with van der Waals surface area (Å²) < 4.78 is 48.6. The minimum Gasteiger partial charge on any atom is -0.379 e. The summed E-state index contributed by atoms with van der Waals surface area (Å²) in [5.74, 6) is -6.30. The minimum atomic E-state index is -1.45. The van der Waals surface area contributed by atoms with Crippen LogP contribution in [0.4, 0.5) is 30.2 Å². The van der Waals surface area contributed by atoms with Gasteiger partial charge in [0.1, 0.15) is 35.2 Å². The molecule has 4 aliphatic heterocycles. The average molecular weight is 1050 g/mol. The molecular weight excluding hydrogens is 982 g/mol. The highest BCUT2D eigenvalue weighted by Crippen LogP contribution is 2.43. The zero-order valence-corrected chi connectivity index (χ0v) is 44.3. The summed E-state index contributed by atoms with van der Waals surface area (Å²) in [5, 5.41) is 13.9. The fraction of sp³-hybridized carbons (Fsp3) is 0.464. The molecule has 20 heteroatoms. The summed E-state index contributed by atoms with van der Waals surface area (Å²) >= 11 is 0. The number of carbonyl (C=O) groups excluding carboxylic acids is 6. The van der Waals surface area contributed by atoms with Gasteiger partial charge in [0.2, 0.25) is 29.5 Å². The van der Waals surface area contributed by atoms with E-state index in [9.17, 15) is 41.9 Å². The van der Waals surface area contributed by atoms with E-state index in [4.69, 9.17) is 10.5 Å². The molecule has 0 spiro atoms. The molecule has 4 heterocycles. The monoisotopic (exact) mass is 1050 g/mol. The molecule has 2 saturated heterocycles. The Bertz CT molecular complexity index is 2750. The highest BCUT2D eigenvalue weighted by molar-refractivity contribution is 6.05. The Hall–Kier alpha value is -6.71. The van der Waals surface area contributed by atoms with Crippen LogP contribution in [0.5, 0.6) is 0 Å². The third-order valence-corrected chi connectivity index (χ3v) is 14.8. The number of hydrogen-bond donors (Lipinski definition) is 6. The third-order valence-electron chi connectivity index (χ3n) is 14.8. The number of piperazine rings is 1. The van der Waals surface area contributed by atoms with Gasteiger partial charge in [0.05, 0.1) is 37.8 Å². The van der Waals surface area contributed by atoms with Gasteiger partial charge in [-0.1, -0.05) is 56.7 Å². The molecular formula is C56H71F3N10O7. The Labute approximate surface area is 442 Å². The van der Waals surface area contributed by atoms with Gasteiger partial charge in [-0.2, -0.15) is 0 Å². The summed E-state index contributed by atoms with van der Waals surface area (Å²) in [6.07, 6.45) is 0.935. The van der Waals surface area contributed by atoms with Gasteiger partial charge in [-0.05, 0) is 117 Å². The van der Waals surface area contributed by atoms with E-state index in [1.807, 2.05) is 25.1 Å². The van der Waals surface area contributed by atoms with Crippen molar-refractivity contribution in [3.05, 3.63) is 124 Å². The number of carbonyl (C=O) groups is 6. The van der Waals surface area contributed by atoms with Crippen molar-refractivity contribution < 1.29 is 46.7 Å². The number of nitrogens with two attached hydrogens (primary N) is 1. The molecule has 2 fully saturated rings. The van der Waals surface area contributed by atoms with Crippen molar-refractivity contribution in [3.8, 4) is 0 Å². The second kappa shape index (κ2) is 25.0. The second-order valence-corrected chi connectivity index (χ2v) is 20.7. The SMILES string of the molecule is CC1COCCN1C.CC[C@H](C)C(NC(=O)[C@H](C)N)C(=O)N1Cc2ccc(NC(=O)CNC(=O)[C@]3(C)CN(C(=O)CN4CCNC(C)C4)c4cc(Cc5ccc(F)cc5)ccc43)cc2C1C(=O)Nc1c(F)cccc1F. The first-order valence-electron chi connectivity index (χ1n) is 25.9. The number of nitrogens with zero attached hydrogens (tertiary/aromatic N) is 4. The Balaban J connectivity index is 0.000000960. The second-order valence-electron chi connectivity index (χ2n) is 20.7. The van der Waals surface area contributed by atoms with Crippen LogP contribution in [0.2, 0.25) is 0 Å². The number of anilines is 3. The van der Waals surface area contributed by atoms with E-state index in [-0.39, 0.29) is 48.7 Å². The molecule has 4 aromatic rings. The lowest BCUT2D eigenvalue weighted by molar-refractivity contribution is -0.143. The van der Waals surface area contributed by atoms with Crippen molar-refractivity contribution in [1.82, 2.24) is 30.7 Å². The van der Waals surface area contributed by atoms with Gasteiger partial charge >= 0.3 is 0 Å². The van der Waals surface area contributed by atoms with Gasteiger partial charge < -0.3 is 46.9 Å². The molecule has 0 aromatic heterocycles. The Morgan fingerprint density at radius 2 is 1.62 bits per heavy atom. The maximum Gasteiger partial charge on any atom is 0.252 e. The Morgan fingerprint density at radius 1 is 0.908 bits per heavy atom. The number of halogens is 3. The fourth-order valence-corrected chi connectivity index (χ4v) is 9.88. The fourth-order valence-electron chi connectivity index (χ4n) is 9.88. The van der Waals surface area contributed by atoms with Gasteiger partial charge in [0.15, 0.2) is 0 Å². The average Bonchev–Trinajstić information content (AvgIpc) is 3.94. The number of amides is 6. The normalized spacial score (nSPS) is 21.5. The molecule has 17 nitrogen and oxygen atoms in total. The first-order chi connectivity index (χ1) is 36.2. The van der Waals surface area contributed by atoms with Crippen LogP contribution >= 0.6 is 0 Å². The van der Waals surface area contributed by atoms with Crippen LogP contribution in [-0.4, -0.2) is 140 Å². The Morgan fingerprint density at radius 3 is 2.26 bits per heavy atom. The Kier molecular flexibility index (Phi) is 18.7. The number of ether oxygens (including phenoxy) is 1. The van der Waals surface area contributed by atoms with Crippen molar-refractivity contribution >= 4 is 52.5 Å². The van der Waals surface area contributed by atoms with E-state index >= 15 is 0 Å². The summed E-state index contributed by atoms with van der Waals surface area (Å²) in [5.41, 5.74) is 7.70. The molecule has 8 rings (SSSR count). The van der Waals surface area contributed by atoms with E-state index in [0.29, 0.717) is 48.8 Å². The number of hydrogen-bond acceptors (Lipinski definition) is 11. The molecule has 7 atom stereocenters. The van der Waals surface area contributed by atoms with Crippen LogP contribution in [0.25, 0.3) is 0 Å². The number of para-hydroxylation sites is 1. The summed E-state index contributed by atoms with van der Waals surface area (Å²) in [6, 6.07) is 16.8. The molecule has 4 aliphatic rings. The summed E-state index contributed by atoms with van der Waals surface area (Å²) in [7, 11) is 2.13. The smallest absolute Gasteiger partial charge is 0.252 e. The van der Waals surface area contributed by atoms with Crippen molar-refractivity contribution in [1.29, 1.82) is 0 Å². The quantitative estimate of drug-likeness (QED) is 0.0971. The number of nitrogens with one attached hydrogen (secondary N) is 5. The predicted octanol–water partition coefficient (Wildman–Crippen LogP) is 4.58. The standard InChI is InChI=1S/C50H58F3N9O6.C6H13NO/c1-6-28(2)43(58-46(65)30(4)54)48(67)61-25-33-13-16-35(22-36(33)45(61)47(66)59-44-38(52)8-7-9-39(44)53)57-41(63)23-56-49(68)50(5)27-62(42(64)26-60-19-18-55-29(3)24-60)40-21-32(12-17-37(40)50)20-31-10-14-34(51)15-11-31;1-6-5-8-4-3-7(6)2/h7-17,21-22,28-30,43,45,55H,6,18-20,23-27,54H2,1-5H3,(H,56,68)(H,57,63)(H,58,65)(H,59,66);6H,3-5H2,1-2H3/t28-,29?,30-,43?,45?,50+;/m0./s1. The van der Waals surface area contributed by atoms with Crippen LogP contribution in [0.15, 0.2) is 78.9 Å². The molecule has 0 aliphatic carbocycles. The lowest BCUT2D eigenvalue weighted by atomic mass is 9.83. The molecule has 4 aromatic carbocycles. The van der Waals surface area contributed by atoms with E-state index in [0.717, 1.165) is 55.6 Å². The summed E-state index contributed by atoms with van der Waals surface area (Å²) in [6.45, 7) is 15.6. The maximum atomic E-state index is 14.8. The van der Waals surface area contributed by atoms with Gasteiger partial charge in [-0.15, -0.1) is 0 Å². The van der Waals surface area contributed by atoms with E-state index in [2.05, 4.69) is 57.3 Å². The minimum absolute atomic E-state index is 0.0172. The zero-order valence-electron chi connectivity index (χ0n) is 44.3. The molecule has 0 radical (unpaired) electrons.